The highest BCUT2D eigenvalue weighted by atomic mass is 15.1. The lowest BCUT2D eigenvalue weighted by atomic mass is 10.1. The van der Waals surface area contributed by atoms with Gasteiger partial charge >= 0.3 is 0 Å². The van der Waals surface area contributed by atoms with Crippen LogP contribution in [0.1, 0.15) is 89.4 Å². The minimum atomic E-state index is 1.14. The first-order chi connectivity index (χ1) is 13.3. The number of rotatable bonds is 15. The van der Waals surface area contributed by atoms with Gasteiger partial charge in [-0.15, -0.1) is 0 Å². The van der Waals surface area contributed by atoms with Crippen LogP contribution in [-0.4, -0.2) is 4.57 Å². The third-order valence-electron chi connectivity index (χ3n) is 5.55. The van der Waals surface area contributed by atoms with Crippen molar-refractivity contribution in [3.63, 3.8) is 0 Å². The van der Waals surface area contributed by atoms with Gasteiger partial charge in [-0.05, 0) is 37.7 Å². The van der Waals surface area contributed by atoms with Gasteiger partial charge in [-0.3, -0.25) is 0 Å². The van der Waals surface area contributed by atoms with E-state index in [1.165, 1.54) is 89.2 Å². The number of nitrogens with zero attached hydrogens (tertiary/aromatic N) is 2. The molecule has 0 bridgehead atoms. The van der Waals surface area contributed by atoms with Crippen molar-refractivity contribution in [3.8, 4) is 0 Å². The molecule has 0 fully saturated rings. The zero-order valence-corrected chi connectivity index (χ0v) is 17.8. The van der Waals surface area contributed by atoms with Crippen molar-refractivity contribution in [1.82, 2.24) is 4.57 Å². The van der Waals surface area contributed by atoms with E-state index in [-0.39, 0.29) is 0 Å². The van der Waals surface area contributed by atoms with Crippen molar-refractivity contribution >= 4 is 0 Å². The fourth-order valence-corrected chi connectivity index (χ4v) is 3.89. The molecule has 2 rings (SSSR count). The minimum Gasteiger partial charge on any atom is -0.234 e. The number of imidazole rings is 1. The molecule has 0 amide bonds. The van der Waals surface area contributed by atoms with Crippen LogP contribution in [0.15, 0.2) is 42.7 Å². The topological polar surface area (TPSA) is 8.81 Å². The summed E-state index contributed by atoms with van der Waals surface area (Å²) < 4.78 is 5.06. The maximum atomic E-state index is 2.53. The highest BCUT2D eigenvalue weighted by Gasteiger charge is 2.16. The van der Waals surface area contributed by atoms with Crippen LogP contribution in [0.3, 0.4) is 0 Å². The lowest BCUT2D eigenvalue weighted by Crippen LogP contribution is -2.37. The summed E-state index contributed by atoms with van der Waals surface area (Å²) in [6.07, 6.45) is 20.5. The lowest BCUT2D eigenvalue weighted by Gasteiger charge is -2.06. The SMILES string of the molecule is CCCCCCCCc1n(CCCCC)cc[n+]1CCCc1ccccc1. The van der Waals surface area contributed by atoms with Gasteiger partial charge in [0.2, 0.25) is 0 Å². The number of benzene rings is 1. The molecule has 2 nitrogen and oxygen atoms in total. The molecule has 0 spiro atoms. The van der Waals surface area contributed by atoms with Gasteiger partial charge < -0.3 is 0 Å². The molecule has 0 radical (unpaired) electrons. The van der Waals surface area contributed by atoms with Crippen LogP contribution in [0.2, 0.25) is 0 Å². The number of unbranched alkanes of at least 4 members (excludes halogenated alkanes) is 7. The van der Waals surface area contributed by atoms with Gasteiger partial charge in [0.25, 0.3) is 5.82 Å². The van der Waals surface area contributed by atoms with Crippen molar-refractivity contribution in [2.45, 2.75) is 104 Å². The third kappa shape index (κ3) is 8.32. The first-order valence-electron chi connectivity index (χ1n) is 11.5. The fraction of sp³-hybridized carbons (Fsp3) is 0.640. The van der Waals surface area contributed by atoms with Gasteiger partial charge in [-0.25, -0.2) is 9.13 Å². The molecule has 0 unspecified atom stereocenters. The van der Waals surface area contributed by atoms with Crippen molar-refractivity contribution in [1.29, 1.82) is 0 Å². The Morgan fingerprint density at radius 2 is 1.44 bits per heavy atom. The second-order valence-corrected chi connectivity index (χ2v) is 7.92. The predicted molar refractivity (Wildman–Crippen MR) is 116 cm³/mol. The van der Waals surface area contributed by atoms with Crippen molar-refractivity contribution in [3.05, 3.63) is 54.1 Å². The Bertz CT molecular complexity index is 600. The number of hydrogen-bond donors (Lipinski definition) is 0. The smallest absolute Gasteiger partial charge is 0.234 e. The summed E-state index contributed by atoms with van der Waals surface area (Å²) in [5.41, 5.74) is 1.46. The summed E-state index contributed by atoms with van der Waals surface area (Å²) in [5, 5.41) is 0. The summed E-state index contributed by atoms with van der Waals surface area (Å²) >= 11 is 0. The Labute approximate surface area is 167 Å². The van der Waals surface area contributed by atoms with E-state index in [0.29, 0.717) is 0 Å². The molecule has 0 aliphatic carbocycles. The van der Waals surface area contributed by atoms with Crippen molar-refractivity contribution < 1.29 is 4.57 Å². The maximum absolute atomic E-state index is 2.53. The van der Waals surface area contributed by atoms with E-state index in [1.807, 2.05) is 0 Å². The van der Waals surface area contributed by atoms with E-state index in [9.17, 15) is 0 Å². The Morgan fingerprint density at radius 1 is 0.741 bits per heavy atom. The largest absolute Gasteiger partial charge is 0.256 e. The first-order valence-corrected chi connectivity index (χ1v) is 11.5. The molecule has 0 aliphatic rings. The summed E-state index contributed by atoms with van der Waals surface area (Å²) in [5.74, 6) is 1.55. The van der Waals surface area contributed by atoms with E-state index in [2.05, 4.69) is 65.7 Å². The maximum Gasteiger partial charge on any atom is 0.256 e. The Morgan fingerprint density at radius 3 is 2.22 bits per heavy atom. The quantitative estimate of drug-likeness (QED) is 0.250. The van der Waals surface area contributed by atoms with E-state index in [4.69, 9.17) is 0 Å². The van der Waals surface area contributed by atoms with Crippen molar-refractivity contribution in [2.75, 3.05) is 0 Å². The van der Waals surface area contributed by atoms with E-state index < -0.39 is 0 Å². The monoisotopic (exact) mass is 369 g/mol. The van der Waals surface area contributed by atoms with Crippen LogP contribution < -0.4 is 4.57 Å². The second-order valence-electron chi connectivity index (χ2n) is 7.92. The van der Waals surface area contributed by atoms with Crippen molar-refractivity contribution in [2.24, 2.45) is 0 Å². The molecular weight excluding hydrogens is 328 g/mol. The van der Waals surface area contributed by atoms with Crippen LogP contribution in [0.4, 0.5) is 0 Å². The summed E-state index contributed by atoms with van der Waals surface area (Å²) in [6, 6.07) is 10.9. The van der Waals surface area contributed by atoms with Crippen LogP contribution in [0, 0.1) is 0 Å². The molecule has 0 saturated carbocycles. The average Bonchev–Trinajstić information content (AvgIpc) is 3.07. The molecule has 0 saturated heterocycles. The average molecular weight is 370 g/mol. The van der Waals surface area contributed by atoms with Gasteiger partial charge in [0.1, 0.15) is 12.4 Å². The molecular formula is C25H41N2+. The van der Waals surface area contributed by atoms with Gasteiger partial charge in [0.05, 0.1) is 13.1 Å². The lowest BCUT2D eigenvalue weighted by molar-refractivity contribution is -0.704. The molecule has 0 aliphatic heterocycles. The fourth-order valence-electron chi connectivity index (χ4n) is 3.89. The molecule has 1 aromatic heterocycles. The van der Waals surface area contributed by atoms with Gasteiger partial charge in [-0.2, -0.15) is 0 Å². The Balaban J connectivity index is 1.87. The molecule has 2 heteroatoms. The summed E-state index contributed by atoms with van der Waals surface area (Å²) in [7, 11) is 0. The van der Waals surface area contributed by atoms with Crippen LogP contribution in [-0.2, 0) is 25.9 Å². The number of hydrogen-bond acceptors (Lipinski definition) is 0. The normalized spacial score (nSPS) is 11.2. The van der Waals surface area contributed by atoms with E-state index >= 15 is 0 Å². The van der Waals surface area contributed by atoms with E-state index in [1.54, 1.807) is 5.82 Å². The van der Waals surface area contributed by atoms with Gasteiger partial charge in [0.15, 0.2) is 0 Å². The molecule has 0 N–H and O–H groups in total. The minimum absolute atomic E-state index is 1.14. The molecule has 1 aromatic carbocycles. The third-order valence-corrected chi connectivity index (χ3v) is 5.55. The van der Waals surface area contributed by atoms with Gasteiger partial charge in [0, 0.05) is 6.42 Å². The van der Waals surface area contributed by atoms with E-state index in [0.717, 1.165) is 6.54 Å². The summed E-state index contributed by atoms with van der Waals surface area (Å²) in [4.78, 5) is 0. The van der Waals surface area contributed by atoms with Crippen LogP contribution >= 0.6 is 0 Å². The predicted octanol–water partition coefficient (Wildman–Crippen LogP) is 6.50. The standard InChI is InChI=1S/C25H41N2/c1-3-5-7-8-9-13-19-25-26(20-14-6-4-2)22-23-27(25)21-15-18-24-16-11-10-12-17-24/h10-12,16-17,22-23H,3-9,13-15,18-21H2,1-2H3/q+1. The highest BCUT2D eigenvalue weighted by molar-refractivity contribution is 5.14. The molecule has 2 aromatic rings. The van der Waals surface area contributed by atoms with Gasteiger partial charge in [-0.1, -0.05) is 82.7 Å². The molecule has 150 valence electrons. The zero-order chi connectivity index (χ0) is 19.2. The second kappa shape index (κ2) is 13.6. The molecule has 27 heavy (non-hydrogen) atoms. The number of aromatic nitrogens is 2. The number of aryl methyl sites for hydroxylation is 3. The summed E-state index contributed by atoms with van der Waals surface area (Å²) in [6.45, 7) is 6.91. The van der Waals surface area contributed by atoms with Crippen LogP contribution in [0.25, 0.3) is 0 Å². The first kappa shape index (κ1) is 21.7. The molecule has 1 heterocycles. The highest BCUT2D eigenvalue weighted by Crippen LogP contribution is 2.10. The Kier molecular flexibility index (Phi) is 10.9. The zero-order valence-electron chi connectivity index (χ0n) is 17.8. The molecule has 0 atom stereocenters. The van der Waals surface area contributed by atoms with Crippen LogP contribution in [0.5, 0.6) is 0 Å². The Hall–Kier alpha value is -1.57.